The maximum Gasteiger partial charge on any atom is 0.302 e. The summed E-state index contributed by atoms with van der Waals surface area (Å²) in [5.74, 6) is 2.22. The molecule has 0 spiro atoms. The average molecular weight is 603 g/mol. The Bertz CT molecular complexity index is 1230. The minimum atomic E-state index is -0.229. The molecule has 0 aromatic heterocycles. The van der Waals surface area contributed by atoms with Crippen molar-refractivity contribution in [2.24, 2.45) is 17.8 Å². The van der Waals surface area contributed by atoms with Crippen molar-refractivity contribution in [2.45, 2.75) is 103 Å². The molecule has 0 radical (unpaired) electrons. The number of hydrogen-bond acceptors (Lipinski definition) is 5. The molecule has 6 heteroatoms. The summed E-state index contributed by atoms with van der Waals surface area (Å²) in [4.78, 5) is 31.4. The number of methoxy groups -OCH3 is 1. The van der Waals surface area contributed by atoms with Gasteiger partial charge in [0, 0.05) is 56.8 Å². The highest BCUT2D eigenvalue weighted by Crippen LogP contribution is 2.52. The number of carbonyl (C=O) groups is 2. The summed E-state index contributed by atoms with van der Waals surface area (Å²) in [6.45, 7) is 9.76. The maximum absolute atomic E-state index is 14.0. The van der Waals surface area contributed by atoms with Crippen molar-refractivity contribution in [3.63, 3.8) is 0 Å². The number of aryl methyl sites for hydroxylation is 1. The summed E-state index contributed by atoms with van der Waals surface area (Å²) in [7, 11) is 1.72. The third-order valence-electron chi connectivity index (χ3n) is 10.3. The number of nitrogens with zero attached hydrogens (tertiary/aromatic N) is 2. The van der Waals surface area contributed by atoms with Crippen LogP contribution in [0.4, 0.5) is 0 Å². The van der Waals surface area contributed by atoms with E-state index in [4.69, 9.17) is 9.47 Å². The second-order valence-corrected chi connectivity index (χ2v) is 14.2. The highest BCUT2D eigenvalue weighted by molar-refractivity contribution is 5.76. The molecule has 1 amide bonds. The Hall–Kier alpha value is -2.86. The molecule has 1 aliphatic heterocycles. The van der Waals surface area contributed by atoms with Gasteiger partial charge in [0.25, 0.3) is 0 Å². The molecule has 44 heavy (non-hydrogen) atoms. The van der Waals surface area contributed by atoms with Gasteiger partial charge in [-0.25, -0.2) is 0 Å². The monoisotopic (exact) mass is 602 g/mol. The van der Waals surface area contributed by atoms with E-state index >= 15 is 0 Å². The SMILES string of the molecule is COc1cccc([C@@]23CCN(CC4CC4)C[C@H]2C(OC(C)=O)C[C@@H](N(CC(C)C)C(=O)CCCCCc2ccccc2)C3)c1. The Morgan fingerprint density at radius 1 is 1.05 bits per heavy atom. The molecule has 3 fully saturated rings. The molecule has 3 aliphatic rings. The topological polar surface area (TPSA) is 59.1 Å². The highest BCUT2D eigenvalue weighted by atomic mass is 16.5. The molecule has 2 aromatic rings. The van der Waals surface area contributed by atoms with E-state index in [9.17, 15) is 9.59 Å². The van der Waals surface area contributed by atoms with Gasteiger partial charge in [0.2, 0.25) is 5.91 Å². The van der Waals surface area contributed by atoms with Gasteiger partial charge in [-0.2, -0.15) is 0 Å². The minimum absolute atomic E-state index is 0.0241. The van der Waals surface area contributed by atoms with Crippen LogP contribution >= 0.6 is 0 Å². The largest absolute Gasteiger partial charge is 0.497 e. The van der Waals surface area contributed by atoms with Crippen LogP contribution in [0.15, 0.2) is 54.6 Å². The van der Waals surface area contributed by atoms with Crippen LogP contribution in [0.3, 0.4) is 0 Å². The fourth-order valence-electron chi connectivity index (χ4n) is 7.99. The van der Waals surface area contributed by atoms with Crippen molar-refractivity contribution in [2.75, 3.05) is 33.3 Å². The molecule has 240 valence electrons. The van der Waals surface area contributed by atoms with Crippen molar-refractivity contribution in [3.8, 4) is 5.75 Å². The van der Waals surface area contributed by atoms with Crippen LogP contribution in [-0.2, 0) is 26.2 Å². The Morgan fingerprint density at radius 3 is 2.55 bits per heavy atom. The zero-order valence-corrected chi connectivity index (χ0v) is 27.5. The van der Waals surface area contributed by atoms with E-state index in [1.54, 1.807) is 7.11 Å². The first-order valence-corrected chi connectivity index (χ1v) is 17.1. The predicted octanol–water partition coefficient (Wildman–Crippen LogP) is 7.05. The fraction of sp³-hybridized carbons (Fsp3) is 0.632. The van der Waals surface area contributed by atoms with Crippen LogP contribution < -0.4 is 4.74 Å². The second kappa shape index (κ2) is 14.9. The van der Waals surface area contributed by atoms with Gasteiger partial charge in [-0.3, -0.25) is 9.59 Å². The number of rotatable bonds is 14. The lowest BCUT2D eigenvalue weighted by molar-refractivity contribution is -0.161. The Labute approximate surface area is 265 Å². The molecule has 6 nitrogen and oxygen atoms in total. The van der Waals surface area contributed by atoms with Crippen LogP contribution in [0.1, 0.15) is 89.7 Å². The van der Waals surface area contributed by atoms with Crippen molar-refractivity contribution >= 4 is 11.9 Å². The molecular weight excluding hydrogens is 548 g/mol. The Kier molecular flexibility index (Phi) is 11.1. The van der Waals surface area contributed by atoms with Gasteiger partial charge in [0.05, 0.1) is 7.11 Å². The number of hydrogen-bond donors (Lipinski definition) is 0. The van der Waals surface area contributed by atoms with E-state index in [1.807, 2.05) is 6.07 Å². The van der Waals surface area contributed by atoms with Gasteiger partial charge in [-0.05, 0) is 86.6 Å². The molecule has 1 unspecified atom stereocenters. The normalized spacial score (nSPS) is 25.3. The van der Waals surface area contributed by atoms with Crippen LogP contribution in [0.5, 0.6) is 5.75 Å². The van der Waals surface area contributed by atoms with Gasteiger partial charge in [0.15, 0.2) is 0 Å². The lowest BCUT2D eigenvalue weighted by Crippen LogP contribution is -2.62. The number of amides is 1. The fourth-order valence-corrected chi connectivity index (χ4v) is 7.99. The van der Waals surface area contributed by atoms with Crippen molar-refractivity contribution in [3.05, 3.63) is 65.7 Å². The molecule has 2 aliphatic carbocycles. The lowest BCUT2D eigenvalue weighted by atomic mass is 9.56. The maximum atomic E-state index is 14.0. The quantitative estimate of drug-likeness (QED) is 0.171. The first-order chi connectivity index (χ1) is 21.3. The average Bonchev–Trinajstić information content (AvgIpc) is 3.84. The van der Waals surface area contributed by atoms with Crippen molar-refractivity contribution in [1.82, 2.24) is 9.80 Å². The molecule has 5 rings (SSSR count). The Morgan fingerprint density at radius 2 is 1.84 bits per heavy atom. The molecule has 0 N–H and O–H groups in total. The van der Waals surface area contributed by atoms with Gasteiger partial charge in [0.1, 0.15) is 11.9 Å². The summed E-state index contributed by atoms with van der Waals surface area (Å²) in [6, 6.07) is 19.2. The summed E-state index contributed by atoms with van der Waals surface area (Å²) in [6.07, 6.45) is 9.70. The zero-order chi connectivity index (χ0) is 31.1. The third-order valence-corrected chi connectivity index (χ3v) is 10.3. The number of unbranched alkanes of at least 4 members (excludes halogenated alkanes) is 2. The smallest absolute Gasteiger partial charge is 0.302 e. The molecule has 1 saturated heterocycles. The number of fused-ring (bicyclic) bond motifs is 1. The first-order valence-electron chi connectivity index (χ1n) is 17.1. The summed E-state index contributed by atoms with van der Waals surface area (Å²) >= 11 is 0. The number of esters is 1. The molecule has 2 aromatic carbocycles. The minimum Gasteiger partial charge on any atom is -0.497 e. The zero-order valence-electron chi connectivity index (χ0n) is 27.5. The lowest BCUT2D eigenvalue weighted by Gasteiger charge is -2.57. The van der Waals surface area contributed by atoms with E-state index in [0.29, 0.717) is 18.8 Å². The van der Waals surface area contributed by atoms with Crippen molar-refractivity contribution in [1.29, 1.82) is 0 Å². The van der Waals surface area contributed by atoms with Gasteiger partial charge in [-0.15, -0.1) is 0 Å². The highest BCUT2D eigenvalue weighted by Gasteiger charge is 2.55. The third kappa shape index (κ3) is 8.24. The predicted molar refractivity (Wildman–Crippen MR) is 176 cm³/mol. The van der Waals surface area contributed by atoms with E-state index in [0.717, 1.165) is 76.4 Å². The molecule has 1 heterocycles. The number of likely N-dealkylation sites (tertiary alicyclic amines) is 1. The van der Waals surface area contributed by atoms with E-state index < -0.39 is 0 Å². The summed E-state index contributed by atoms with van der Waals surface area (Å²) in [5.41, 5.74) is 2.43. The second-order valence-electron chi connectivity index (χ2n) is 14.2. The summed E-state index contributed by atoms with van der Waals surface area (Å²) < 4.78 is 11.9. The van der Waals surface area contributed by atoms with Crippen LogP contribution in [0.2, 0.25) is 0 Å². The van der Waals surface area contributed by atoms with Crippen molar-refractivity contribution < 1.29 is 19.1 Å². The Balaban J connectivity index is 1.37. The number of ether oxygens (including phenoxy) is 2. The molecular formula is C38H54N2O4. The molecule has 2 saturated carbocycles. The van der Waals surface area contributed by atoms with Gasteiger partial charge in [-0.1, -0.05) is 62.7 Å². The van der Waals surface area contributed by atoms with Crippen LogP contribution in [0.25, 0.3) is 0 Å². The van der Waals surface area contributed by atoms with Gasteiger partial charge >= 0.3 is 5.97 Å². The van der Waals surface area contributed by atoms with Crippen LogP contribution in [0, 0.1) is 17.8 Å². The standard InChI is InChI=1S/C38H54N2O4/c1-28(2)25-40(37(42)17-10-6-9-14-30-12-7-5-8-13-30)33-23-36(44-29(3)41)35-27-39(26-31-18-19-31)21-20-38(35,24-33)32-15-11-16-34(22-32)43-4/h5,7-8,11-13,15-16,22,28,31,33,35-36H,6,9-10,14,17-21,23-27H2,1-4H3/t33-,35+,36?,38+/m1/s1. The van der Waals surface area contributed by atoms with E-state index in [1.165, 1.54) is 30.9 Å². The molecule has 0 bridgehead atoms. The van der Waals surface area contributed by atoms with E-state index in [2.05, 4.69) is 72.2 Å². The van der Waals surface area contributed by atoms with Gasteiger partial charge < -0.3 is 19.3 Å². The first kappa shape index (κ1) is 32.5. The number of benzene rings is 2. The van der Waals surface area contributed by atoms with Crippen LogP contribution in [-0.4, -0.2) is 67.1 Å². The number of carbonyl (C=O) groups excluding carboxylic acids is 2. The summed E-state index contributed by atoms with van der Waals surface area (Å²) in [5, 5.41) is 0. The number of piperidine rings is 1. The van der Waals surface area contributed by atoms with E-state index in [-0.39, 0.29) is 35.4 Å². The molecule has 4 atom stereocenters.